The van der Waals surface area contributed by atoms with Gasteiger partial charge in [0.25, 0.3) is 5.91 Å². The van der Waals surface area contributed by atoms with Crippen molar-refractivity contribution in [3.05, 3.63) is 35.6 Å². The largest absolute Gasteiger partial charge is 0.349 e. The number of hydrogen-bond acceptors (Lipinski definition) is 1. The topological polar surface area (TPSA) is 29.1 Å². The molecule has 2 nitrogen and oxygen atoms in total. The standard InChI is InChI=1S/C16H24FNO/c1-11(2)9-14(16(3,4)5)18-15(19)12-7-6-8-13(17)10-12/h6-8,10-11,14H,9H2,1-5H3,(H,18,19). The molecule has 3 heteroatoms. The molecule has 0 radical (unpaired) electrons. The third kappa shape index (κ3) is 5.01. The van der Waals surface area contributed by atoms with Crippen LogP contribution in [-0.2, 0) is 0 Å². The molecule has 0 bridgehead atoms. The Hall–Kier alpha value is -1.38. The summed E-state index contributed by atoms with van der Waals surface area (Å²) < 4.78 is 13.1. The first-order valence-corrected chi connectivity index (χ1v) is 6.76. The minimum atomic E-state index is -0.385. The third-order valence-electron chi connectivity index (χ3n) is 3.14. The van der Waals surface area contributed by atoms with Crippen LogP contribution in [0.3, 0.4) is 0 Å². The van der Waals surface area contributed by atoms with Crippen molar-refractivity contribution in [3.8, 4) is 0 Å². The summed E-state index contributed by atoms with van der Waals surface area (Å²) in [4.78, 5) is 12.2. The Labute approximate surface area is 115 Å². The van der Waals surface area contributed by atoms with Crippen LogP contribution in [0.2, 0.25) is 0 Å². The third-order valence-corrected chi connectivity index (χ3v) is 3.14. The van der Waals surface area contributed by atoms with E-state index >= 15 is 0 Å². The molecule has 0 aromatic heterocycles. The molecule has 1 rings (SSSR count). The monoisotopic (exact) mass is 265 g/mol. The van der Waals surface area contributed by atoms with Gasteiger partial charge >= 0.3 is 0 Å². The average Bonchev–Trinajstić information content (AvgIpc) is 2.26. The molecule has 1 aromatic rings. The quantitative estimate of drug-likeness (QED) is 0.875. The van der Waals surface area contributed by atoms with Crippen LogP contribution < -0.4 is 5.32 Å². The molecule has 0 aliphatic carbocycles. The molecular weight excluding hydrogens is 241 g/mol. The number of rotatable bonds is 4. The fraction of sp³-hybridized carbons (Fsp3) is 0.562. The number of amides is 1. The van der Waals surface area contributed by atoms with Crippen LogP contribution in [0.1, 0.15) is 51.4 Å². The zero-order valence-corrected chi connectivity index (χ0v) is 12.5. The van der Waals surface area contributed by atoms with Gasteiger partial charge in [-0.05, 0) is 36.0 Å². The second-order valence-electron chi connectivity index (χ2n) is 6.53. The molecule has 0 heterocycles. The Balaban J connectivity index is 2.82. The minimum absolute atomic E-state index is 0.0206. The van der Waals surface area contributed by atoms with Gasteiger partial charge in [-0.3, -0.25) is 4.79 Å². The summed E-state index contributed by atoms with van der Waals surface area (Å²) in [6.07, 6.45) is 0.907. The Bertz CT molecular complexity index is 435. The highest BCUT2D eigenvalue weighted by Crippen LogP contribution is 2.25. The summed E-state index contributed by atoms with van der Waals surface area (Å²) in [6, 6.07) is 5.87. The lowest BCUT2D eigenvalue weighted by molar-refractivity contribution is 0.0890. The lowest BCUT2D eigenvalue weighted by Crippen LogP contribution is -2.44. The molecule has 0 saturated carbocycles. The lowest BCUT2D eigenvalue weighted by Gasteiger charge is -2.33. The second kappa shape index (κ2) is 6.18. The summed E-state index contributed by atoms with van der Waals surface area (Å²) >= 11 is 0. The summed E-state index contributed by atoms with van der Waals surface area (Å²) in [5.41, 5.74) is 0.353. The highest BCUT2D eigenvalue weighted by molar-refractivity contribution is 5.94. The van der Waals surface area contributed by atoms with E-state index in [4.69, 9.17) is 0 Å². The van der Waals surface area contributed by atoms with Crippen molar-refractivity contribution in [1.82, 2.24) is 5.32 Å². The predicted octanol–water partition coefficient (Wildman–Crippen LogP) is 4.02. The fourth-order valence-electron chi connectivity index (χ4n) is 1.97. The summed E-state index contributed by atoms with van der Waals surface area (Å²) in [5.74, 6) is -0.0964. The summed E-state index contributed by atoms with van der Waals surface area (Å²) in [5, 5.41) is 3.03. The van der Waals surface area contributed by atoms with E-state index in [1.165, 1.54) is 12.1 Å². The molecule has 1 amide bonds. The number of carbonyl (C=O) groups excluding carboxylic acids is 1. The Morgan fingerprint density at radius 1 is 1.32 bits per heavy atom. The van der Waals surface area contributed by atoms with Gasteiger partial charge in [0, 0.05) is 11.6 Å². The number of benzene rings is 1. The molecule has 106 valence electrons. The van der Waals surface area contributed by atoms with Gasteiger partial charge in [0.15, 0.2) is 0 Å². The minimum Gasteiger partial charge on any atom is -0.349 e. The maximum absolute atomic E-state index is 13.1. The molecule has 1 unspecified atom stereocenters. The molecule has 0 fully saturated rings. The molecule has 0 aliphatic heterocycles. The Morgan fingerprint density at radius 2 is 1.95 bits per heavy atom. The molecule has 1 aromatic carbocycles. The van der Waals surface area contributed by atoms with Crippen LogP contribution in [0.25, 0.3) is 0 Å². The molecule has 0 aliphatic rings. The highest BCUT2D eigenvalue weighted by Gasteiger charge is 2.27. The van der Waals surface area contributed by atoms with Crippen molar-refractivity contribution in [3.63, 3.8) is 0 Å². The molecular formula is C16H24FNO. The smallest absolute Gasteiger partial charge is 0.251 e. The molecule has 19 heavy (non-hydrogen) atoms. The van der Waals surface area contributed by atoms with E-state index in [2.05, 4.69) is 39.9 Å². The lowest BCUT2D eigenvalue weighted by atomic mass is 9.82. The number of nitrogens with one attached hydrogen (secondary N) is 1. The van der Waals surface area contributed by atoms with Gasteiger partial charge < -0.3 is 5.32 Å². The fourth-order valence-corrected chi connectivity index (χ4v) is 1.97. The molecule has 0 saturated heterocycles. The van der Waals surface area contributed by atoms with E-state index in [0.29, 0.717) is 11.5 Å². The first-order chi connectivity index (χ1) is 8.70. The van der Waals surface area contributed by atoms with Crippen LogP contribution >= 0.6 is 0 Å². The van der Waals surface area contributed by atoms with Crippen LogP contribution in [0.5, 0.6) is 0 Å². The highest BCUT2D eigenvalue weighted by atomic mass is 19.1. The van der Waals surface area contributed by atoms with E-state index in [0.717, 1.165) is 6.42 Å². The first-order valence-electron chi connectivity index (χ1n) is 6.76. The summed E-state index contributed by atoms with van der Waals surface area (Å²) in [7, 11) is 0. The van der Waals surface area contributed by atoms with Crippen LogP contribution in [-0.4, -0.2) is 11.9 Å². The van der Waals surface area contributed by atoms with Crippen LogP contribution in [0, 0.1) is 17.2 Å². The van der Waals surface area contributed by atoms with Gasteiger partial charge in [0.2, 0.25) is 0 Å². The van der Waals surface area contributed by atoms with Crippen molar-refractivity contribution >= 4 is 5.91 Å². The van der Waals surface area contributed by atoms with E-state index in [-0.39, 0.29) is 23.2 Å². The first kappa shape index (κ1) is 15.7. The van der Waals surface area contributed by atoms with Crippen LogP contribution in [0.4, 0.5) is 4.39 Å². The number of carbonyl (C=O) groups is 1. The van der Waals surface area contributed by atoms with E-state index in [9.17, 15) is 9.18 Å². The van der Waals surface area contributed by atoms with E-state index in [1.54, 1.807) is 12.1 Å². The zero-order valence-electron chi connectivity index (χ0n) is 12.5. The summed E-state index contributed by atoms with van der Waals surface area (Å²) in [6.45, 7) is 10.6. The van der Waals surface area contributed by atoms with E-state index < -0.39 is 0 Å². The number of hydrogen-bond donors (Lipinski definition) is 1. The Morgan fingerprint density at radius 3 is 2.42 bits per heavy atom. The van der Waals surface area contributed by atoms with E-state index in [1.807, 2.05) is 0 Å². The van der Waals surface area contributed by atoms with Gasteiger partial charge in [-0.1, -0.05) is 40.7 Å². The molecule has 1 atom stereocenters. The Kier molecular flexibility index (Phi) is 5.10. The van der Waals surface area contributed by atoms with Crippen molar-refractivity contribution in [2.75, 3.05) is 0 Å². The van der Waals surface area contributed by atoms with Crippen molar-refractivity contribution in [2.24, 2.45) is 11.3 Å². The van der Waals surface area contributed by atoms with Gasteiger partial charge in [-0.2, -0.15) is 0 Å². The second-order valence-corrected chi connectivity index (χ2v) is 6.53. The van der Waals surface area contributed by atoms with Gasteiger partial charge in [-0.25, -0.2) is 4.39 Å². The average molecular weight is 265 g/mol. The van der Waals surface area contributed by atoms with Crippen molar-refractivity contribution in [1.29, 1.82) is 0 Å². The van der Waals surface area contributed by atoms with Crippen molar-refractivity contribution < 1.29 is 9.18 Å². The maximum Gasteiger partial charge on any atom is 0.251 e. The van der Waals surface area contributed by atoms with Crippen molar-refractivity contribution in [2.45, 2.75) is 47.1 Å². The van der Waals surface area contributed by atoms with Gasteiger partial charge in [0.05, 0.1) is 0 Å². The zero-order chi connectivity index (χ0) is 14.6. The van der Waals surface area contributed by atoms with Gasteiger partial charge in [-0.15, -0.1) is 0 Å². The number of halogens is 1. The normalized spacial score (nSPS) is 13.4. The van der Waals surface area contributed by atoms with Gasteiger partial charge in [0.1, 0.15) is 5.82 Å². The maximum atomic E-state index is 13.1. The molecule has 0 spiro atoms. The SMILES string of the molecule is CC(C)CC(NC(=O)c1cccc(F)c1)C(C)(C)C. The van der Waals surface area contributed by atoms with Crippen LogP contribution in [0.15, 0.2) is 24.3 Å². The molecule has 1 N–H and O–H groups in total. The predicted molar refractivity (Wildman–Crippen MR) is 76.6 cm³/mol.